The van der Waals surface area contributed by atoms with Gasteiger partial charge in [-0.25, -0.2) is 5.43 Å². The van der Waals surface area contributed by atoms with Crippen LogP contribution in [0, 0.1) is 5.92 Å². The summed E-state index contributed by atoms with van der Waals surface area (Å²) in [6.07, 6.45) is 1.02. The molecule has 1 unspecified atom stereocenters. The number of carbonyl (C=O) groups is 1. The van der Waals surface area contributed by atoms with Crippen molar-refractivity contribution in [2.45, 2.75) is 40.0 Å². The number of hydrazone groups is 1. The van der Waals surface area contributed by atoms with Crippen molar-refractivity contribution in [3.05, 3.63) is 65.7 Å². The van der Waals surface area contributed by atoms with Crippen LogP contribution in [0.5, 0.6) is 5.75 Å². The van der Waals surface area contributed by atoms with Crippen LogP contribution in [-0.4, -0.2) is 18.2 Å². The summed E-state index contributed by atoms with van der Waals surface area (Å²) in [5, 5.41) is 4.32. The number of amides is 1. The largest absolute Gasteiger partial charge is 0.483 e. The lowest BCUT2D eigenvalue weighted by Gasteiger charge is -2.15. The fraction of sp³-hybridized carbons (Fsp3) is 0.364. The van der Waals surface area contributed by atoms with Crippen LogP contribution in [0.2, 0.25) is 0 Å². The lowest BCUT2D eigenvalue weighted by Crippen LogP contribution is -2.27. The van der Waals surface area contributed by atoms with Gasteiger partial charge in [0.25, 0.3) is 5.91 Å². The third-order valence-corrected chi connectivity index (χ3v) is 4.34. The van der Waals surface area contributed by atoms with E-state index in [0.29, 0.717) is 5.92 Å². The summed E-state index contributed by atoms with van der Waals surface area (Å²) >= 11 is 0. The Balaban J connectivity index is 2.01. The highest BCUT2D eigenvalue weighted by Crippen LogP contribution is 2.28. The summed E-state index contributed by atoms with van der Waals surface area (Å²) in [5.41, 5.74) is 5.59. The first-order valence-electron chi connectivity index (χ1n) is 9.16. The van der Waals surface area contributed by atoms with Crippen molar-refractivity contribution in [1.82, 2.24) is 5.43 Å². The van der Waals surface area contributed by atoms with Gasteiger partial charge in [-0.05, 0) is 35.4 Å². The Morgan fingerprint density at radius 1 is 1.04 bits per heavy atom. The van der Waals surface area contributed by atoms with Gasteiger partial charge in [0.1, 0.15) is 5.75 Å². The van der Waals surface area contributed by atoms with Gasteiger partial charge >= 0.3 is 0 Å². The second kappa shape index (κ2) is 9.76. The van der Waals surface area contributed by atoms with Crippen LogP contribution in [0.1, 0.15) is 51.2 Å². The Morgan fingerprint density at radius 2 is 1.69 bits per heavy atom. The molecule has 0 heterocycles. The maximum Gasteiger partial charge on any atom is 0.277 e. The van der Waals surface area contributed by atoms with E-state index in [2.05, 4.69) is 38.2 Å². The van der Waals surface area contributed by atoms with E-state index in [1.807, 2.05) is 54.6 Å². The van der Waals surface area contributed by atoms with E-state index in [1.54, 1.807) is 0 Å². The molecule has 2 aromatic carbocycles. The van der Waals surface area contributed by atoms with Gasteiger partial charge in [0.05, 0.1) is 5.71 Å². The Bertz CT molecular complexity index is 739. The van der Waals surface area contributed by atoms with Crippen molar-refractivity contribution in [3.63, 3.8) is 0 Å². The number of nitrogens with one attached hydrogen (secondary N) is 1. The van der Waals surface area contributed by atoms with E-state index >= 15 is 0 Å². The molecular weight excluding hydrogens is 324 g/mol. The lowest BCUT2D eigenvalue weighted by molar-refractivity contribution is -0.123. The fourth-order valence-electron chi connectivity index (χ4n) is 2.67. The van der Waals surface area contributed by atoms with E-state index in [9.17, 15) is 4.79 Å². The maximum atomic E-state index is 12.2. The maximum absolute atomic E-state index is 12.2. The molecule has 2 aromatic rings. The highest BCUT2D eigenvalue weighted by Gasteiger charge is 2.12. The van der Waals surface area contributed by atoms with Gasteiger partial charge in [0.2, 0.25) is 0 Å². The first-order chi connectivity index (χ1) is 12.5. The van der Waals surface area contributed by atoms with Gasteiger partial charge in [0.15, 0.2) is 6.61 Å². The molecule has 26 heavy (non-hydrogen) atoms. The van der Waals surface area contributed by atoms with Gasteiger partial charge in [-0.15, -0.1) is 0 Å². The molecule has 0 fully saturated rings. The quantitative estimate of drug-likeness (QED) is 0.550. The molecule has 4 heteroatoms. The molecule has 0 bridgehead atoms. The summed E-state index contributed by atoms with van der Waals surface area (Å²) in [4.78, 5) is 12.2. The van der Waals surface area contributed by atoms with Crippen LogP contribution in [0.4, 0.5) is 0 Å². The standard InChI is InChI=1S/C22H28N2O2/c1-5-17(4)19-13-9-10-14-20(19)26-15-21(25)23-24-22(16(2)3)18-11-7-6-8-12-18/h6-14,16-17H,5,15H2,1-4H3,(H,23,25)/b24-22+. The molecule has 0 saturated carbocycles. The first kappa shape index (κ1) is 19.7. The molecule has 1 N–H and O–H groups in total. The zero-order chi connectivity index (χ0) is 18.9. The minimum atomic E-state index is -0.266. The molecule has 2 rings (SSSR count). The molecule has 4 nitrogen and oxygen atoms in total. The summed E-state index contributed by atoms with van der Waals surface area (Å²) in [6.45, 7) is 8.34. The van der Waals surface area contributed by atoms with Gasteiger partial charge in [-0.3, -0.25) is 4.79 Å². The number of hydrogen-bond acceptors (Lipinski definition) is 3. The van der Waals surface area contributed by atoms with E-state index in [0.717, 1.165) is 29.0 Å². The lowest BCUT2D eigenvalue weighted by atomic mass is 9.98. The van der Waals surface area contributed by atoms with Crippen LogP contribution in [-0.2, 0) is 4.79 Å². The van der Waals surface area contributed by atoms with Gasteiger partial charge in [-0.1, -0.05) is 76.2 Å². The number of rotatable bonds is 8. The van der Waals surface area contributed by atoms with Crippen molar-refractivity contribution < 1.29 is 9.53 Å². The SMILES string of the molecule is CCC(C)c1ccccc1OCC(=O)N/N=C(/c1ccccc1)C(C)C. The molecule has 0 aromatic heterocycles. The van der Waals surface area contributed by atoms with Gasteiger partial charge in [0, 0.05) is 0 Å². The molecule has 1 amide bonds. The molecule has 0 radical (unpaired) electrons. The summed E-state index contributed by atoms with van der Waals surface area (Å²) in [7, 11) is 0. The van der Waals surface area contributed by atoms with E-state index in [-0.39, 0.29) is 18.4 Å². The number of carbonyl (C=O) groups excluding carboxylic acids is 1. The topological polar surface area (TPSA) is 50.7 Å². The third-order valence-electron chi connectivity index (χ3n) is 4.34. The van der Waals surface area contributed by atoms with E-state index in [4.69, 9.17) is 4.74 Å². The van der Waals surface area contributed by atoms with Crippen LogP contribution in [0.15, 0.2) is 59.7 Å². The summed E-state index contributed by atoms with van der Waals surface area (Å²) in [6, 6.07) is 17.7. The molecule has 0 saturated heterocycles. The monoisotopic (exact) mass is 352 g/mol. The Morgan fingerprint density at radius 3 is 2.35 bits per heavy atom. The van der Waals surface area contributed by atoms with E-state index < -0.39 is 0 Å². The van der Waals surface area contributed by atoms with Crippen LogP contribution >= 0.6 is 0 Å². The number of benzene rings is 2. The molecule has 0 spiro atoms. The highest BCUT2D eigenvalue weighted by molar-refractivity contribution is 6.02. The van der Waals surface area contributed by atoms with Crippen molar-refractivity contribution in [1.29, 1.82) is 0 Å². The smallest absolute Gasteiger partial charge is 0.277 e. The molecule has 1 atom stereocenters. The normalized spacial score (nSPS) is 12.7. The Kier molecular flexibility index (Phi) is 7.39. The molecule has 0 aliphatic rings. The second-order valence-electron chi connectivity index (χ2n) is 6.69. The van der Waals surface area contributed by atoms with Gasteiger partial charge in [-0.2, -0.15) is 5.10 Å². The fourth-order valence-corrected chi connectivity index (χ4v) is 2.67. The van der Waals surface area contributed by atoms with Crippen molar-refractivity contribution >= 4 is 11.6 Å². The number of ether oxygens (including phenoxy) is 1. The Labute approximate surface area is 156 Å². The van der Waals surface area contributed by atoms with Crippen molar-refractivity contribution in [2.75, 3.05) is 6.61 Å². The zero-order valence-corrected chi connectivity index (χ0v) is 16.0. The Hall–Kier alpha value is -2.62. The average Bonchev–Trinajstić information content (AvgIpc) is 2.66. The molecule has 0 aliphatic carbocycles. The average molecular weight is 352 g/mol. The predicted molar refractivity (Wildman–Crippen MR) is 107 cm³/mol. The first-order valence-corrected chi connectivity index (χ1v) is 9.16. The second-order valence-corrected chi connectivity index (χ2v) is 6.69. The molecular formula is C22H28N2O2. The number of para-hydroxylation sites is 1. The minimum Gasteiger partial charge on any atom is -0.483 e. The van der Waals surface area contributed by atoms with E-state index in [1.165, 1.54) is 0 Å². The van der Waals surface area contributed by atoms with Crippen LogP contribution in [0.3, 0.4) is 0 Å². The third kappa shape index (κ3) is 5.45. The molecule has 138 valence electrons. The number of nitrogens with zero attached hydrogens (tertiary/aromatic N) is 1. The molecule has 0 aliphatic heterocycles. The predicted octanol–water partition coefficient (Wildman–Crippen LogP) is 4.76. The number of hydrogen-bond donors (Lipinski definition) is 1. The van der Waals surface area contributed by atoms with Crippen LogP contribution in [0.25, 0.3) is 0 Å². The van der Waals surface area contributed by atoms with Crippen LogP contribution < -0.4 is 10.2 Å². The zero-order valence-electron chi connectivity index (χ0n) is 16.0. The van der Waals surface area contributed by atoms with Crippen molar-refractivity contribution in [2.24, 2.45) is 11.0 Å². The summed E-state index contributed by atoms with van der Waals surface area (Å²) < 4.78 is 5.74. The highest BCUT2D eigenvalue weighted by atomic mass is 16.5. The minimum absolute atomic E-state index is 0.0584. The van der Waals surface area contributed by atoms with Gasteiger partial charge < -0.3 is 4.74 Å². The summed E-state index contributed by atoms with van der Waals surface area (Å²) in [5.74, 6) is 1.08. The van der Waals surface area contributed by atoms with Crippen molar-refractivity contribution in [3.8, 4) is 5.75 Å².